The first-order valence-corrected chi connectivity index (χ1v) is 11.9. The number of sulfonamides is 1. The fourth-order valence-electron chi connectivity index (χ4n) is 5.41. The third-order valence-electron chi connectivity index (χ3n) is 6.97. The first-order valence-electron chi connectivity index (χ1n) is 10.1. The van der Waals surface area contributed by atoms with Gasteiger partial charge < -0.3 is 9.88 Å². The van der Waals surface area contributed by atoms with Crippen molar-refractivity contribution in [3.8, 4) is 0 Å². The highest BCUT2D eigenvalue weighted by molar-refractivity contribution is 7.89. The van der Waals surface area contributed by atoms with Gasteiger partial charge in [0.15, 0.2) is 0 Å². The molecule has 0 unspecified atom stereocenters. The minimum atomic E-state index is -5.49. The predicted octanol–water partition coefficient (Wildman–Crippen LogP) is 4.21. The molecular weight excluding hydrogens is 453 g/mol. The van der Waals surface area contributed by atoms with Crippen molar-refractivity contribution in [2.24, 2.45) is 11.3 Å². The van der Waals surface area contributed by atoms with Crippen LogP contribution in [-0.2, 0) is 23.1 Å². The number of benzene rings is 1. The van der Waals surface area contributed by atoms with Crippen molar-refractivity contribution in [1.82, 2.24) is 14.3 Å². The molecule has 3 saturated carbocycles. The zero-order valence-corrected chi connectivity index (χ0v) is 18.4. The van der Waals surface area contributed by atoms with Crippen LogP contribution in [0, 0.1) is 18.3 Å². The Kier molecular flexibility index (Phi) is 4.66. The maximum Gasteiger partial charge on any atom is 0.511 e. The van der Waals surface area contributed by atoms with E-state index in [9.17, 15) is 21.6 Å². The summed E-state index contributed by atoms with van der Waals surface area (Å²) in [5, 5.41) is 0.351. The molecular formula is C20H22ClF3N4O2S. The molecule has 0 radical (unpaired) electrons. The van der Waals surface area contributed by atoms with Crippen LogP contribution in [0.5, 0.6) is 0 Å². The number of aromatic amines is 1. The lowest BCUT2D eigenvalue weighted by atomic mass is 9.41. The van der Waals surface area contributed by atoms with E-state index in [1.54, 1.807) is 24.4 Å². The minimum absolute atomic E-state index is 0.166. The van der Waals surface area contributed by atoms with Gasteiger partial charge in [-0.1, -0.05) is 11.6 Å². The largest absolute Gasteiger partial charge is 0.511 e. The molecule has 1 aliphatic heterocycles. The van der Waals surface area contributed by atoms with Crippen molar-refractivity contribution in [2.45, 2.75) is 50.8 Å². The number of fused-ring (bicyclic) bond motifs is 1. The molecule has 4 aliphatic rings. The minimum Gasteiger partial charge on any atom is -0.361 e. The summed E-state index contributed by atoms with van der Waals surface area (Å²) in [4.78, 5) is 9.47. The Labute approximate surface area is 183 Å². The highest BCUT2D eigenvalue weighted by Gasteiger charge is 2.63. The Morgan fingerprint density at radius 2 is 2.00 bits per heavy atom. The van der Waals surface area contributed by atoms with Crippen LogP contribution >= 0.6 is 11.6 Å². The van der Waals surface area contributed by atoms with Gasteiger partial charge >= 0.3 is 15.5 Å². The van der Waals surface area contributed by atoms with Crippen LogP contribution in [0.2, 0.25) is 5.02 Å². The summed E-state index contributed by atoms with van der Waals surface area (Å²) in [5.74, 6) is 1.33. The Bertz CT molecular complexity index is 1120. The first kappa shape index (κ1) is 21.1. The lowest BCUT2D eigenvalue weighted by Crippen LogP contribution is -2.66. The standard InChI is InChI=1S/C20H22ClF3N4O2S/c1-12-25-8-16(26-12)10-28-17-3-2-15(21)4-14(17)9-27(31(29,30)20(22,23)24)11-18(28)19-5-13(6-19)7-19/h2-4,8,13,18H,5-7,9-11H2,1H3,(H,25,26)/t13?,18-,19?/m1/s1. The van der Waals surface area contributed by atoms with Crippen LogP contribution in [0.3, 0.4) is 0 Å². The van der Waals surface area contributed by atoms with E-state index in [0.29, 0.717) is 33.0 Å². The molecule has 0 saturated heterocycles. The van der Waals surface area contributed by atoms with Gasteiger partial charge in [-0.3, -0.25) is 0 Å². The molecule has 1 aromatic heterocycles. The topological polar surface area (TPSA) is 69.3 Å². The van der Waals surface area contributed by atoms with Gasteiger partial charge in [0.2, 0.25) is 0 Å². The maximum atomic E-state index is 13.5. The zero-order chi connectivity index (χ0) is 22.2. The number of imidazole rings is 1. The molecule has 2 heterocycles. The lowest BCUT2D eigenvalue weighted by molar-refractivity contribution is -0.129. The van der Waals surface area contributed by atoms with Crippen molar-refractivity contribution in [2.75, 3.05) is 11.4 Å². The van der Waals surface area contributed by atoms with Crippen LogP contribution in [0.4, 0.5) is 18.9 Å². The van der Waals surface area contributed by atoms with E-state index in [1.807, 2.05) is 6.92 Å². The van der Waals surface area contributed by atoms with E-state index < -0.39 is 15.5 Å². The van der Waals surface area contributed by atoms with E-state index in [-0.39, 0.29) is 24.5 Å². The molecule has 31 heavy (non-hydrogen) atoms. The highest BCUT2D eigenvalue weighted by Crippen LogP contribution is 2.67. The number of aryl methyl sites for hydroxylation is 1. The lowest BCUT2D eigenvalue weighted by Gasteiger charge is -2.67. The molecule has 0 amide bonds. The second-order valence-corrected chi connectivity index (χ2v) is 11.4. The number of hydrogen-bond donors (Lipinski definition) is 1. The Hall–Kier alpha value is -1.78. The van der Waals surface area contributed by atoms with Crippen LogP contribution in [0.25, 0.3) is 0 Å². The van der Waals surface area contributed by atoms with Crippen molar-refractivity contribution in [1.29, 1.82) is 0 Å². The monoisotopic (exact) mass is 474 g/mol. The summed E-state index contributed by atoms with van der Waals surface area (Å²) in [5.41, 5.74) is -3.52. The summed E-state index contributed by atoms with van der Waals surface area (Å²) in [6.45, 7) is 1.64. The SMILES string of the molecule is Cc1ncc(CN2c3ccc(Cl)cc3CN(S(=O)(=O)C(F)(F)F)C[C@@H]2C23CC(C2)C3)[nH]1. The number of hydrogen-bond acceptors (Lipinski definition) is 4. The van der Waals surface area contributed by atoms with Gasteiger partial charge in [0.05, 0.1) is 18.4 Å². The Morgan fingerprint density at radius 3 is 2.55 bits per heavy atom. The normalized spacial score (nSPS) is 28.5. The highest BCUT2D eigenvalue weighted by atomic mass is 35.5. The third kappa shape index (κ3) is 3.34. The van der Waals surface area contributed by atoms with E-state index in [4.69, 9.17) is 11.6 Å². The second-order valence-electron chi connectivity index (χ2n) is 8.99. The number of halogens is 4. The van der Waals surface area contributed by atoms with Crippen LogP contribution in [-0.4, -0.2) is 40.8 Å². The van der Waals surface area contributed by atoms with Gasteiger partial charge in [0.1, 0.15) is 5.82 Å². The van der Waals surface area contributed by atoms with E-state index in [0.717, 1.165) is 30.8 Å². The van der Waals surface area contributed by atoms with Gasteiger partial charge in [0, 0.05) is 29.8 Å². The Balaban J connectivity index is 1.62. The van der Waals surface area contributed by atoms with Gasteiger partial charge in [-0.15, -0.1) is 0 Å². The molecule has 3 fully saturated rings. The van der Waals surface area contributed by atoms with Gasteiger partial charge in [0.25, 0.3) is 0 Å². The quantitative estimate of drug-likeness (QED) is 0.720. The average molecular weight is 475 g/mol. The van der Waals surface area contributed by atoms with Crippen molar-refractivity contribution in [3.05, 3.63) is 46.5 Å². The summed E-state index contributed by atoms with van der Waals surface area (Å²) in [6.07, 6.45) is 4.45. The summed E-state index contributed by atoms with van der Waals surface area (Å²) >= 11 is 6.14. The molecule has 2 aromatic rings. The zero-order valence-electron chi connectivity index (χ0n) is 16.8. The van der Waals surface area contributed by atoms with E-state index >= 15 is 0 Å². The smallest absolute Gasteiger partial charge is 0.361 e. The molecule has 0 spiro atoms. The van der Waals surface area contributed by atoms with Crippen molar-refractivity contribution < 1.29 is 21.6 Å². The Morgan fingerprint density at radius 1 is 1.29 bits per heavy atom. The fourth-order valence-corrected chi connectivity index (χ4v) is 6.55. The molecule has 168 valence electrons. The first-order chi connectivity index (χ1) is 14.5. The fraction of sp³-hybridized carbons (Fsp3) is 0.550. The molecule has 6 nitrogen and oxygen atoms in total. The van der Waals surface area contributed by atoms with Gasteiger partial charge in [-0.25, -0.2) is 13.4 Å². The number of alkyl halides is 3. The number of nitrogens with zero attached hydrogens (tertiary/aromatic N) is 3. The van der Waals surface area contributed by atoms with Crippen molar-refractivity contribution >= 4 is 27.3 Å². The molecule has 6 rings (SSSR count). The molecule has 1 aromatic carbocycles. The van der Waals surface area contributed by atoms with E-state index in [2.05, 4.69) is 14.9 Å². The van der Waals surface area contributed by atoms with E-state index in [1.165, 1.54) is 0 Å². The number of H-pyrrole nitrogens is 1. The summed E-state index contributed by atoms with van der Waals surface area (Å²) < 4.78 is 66.0. The van der Waals surface area contributed by atoms with Crippen molar-refractivity contribution in [3.63, 3.8) is 0 Å². The maximum absolute atomic E-state index is 13.5. The summed E-state index contributed by atoms with van der Waals surface area (Å²) in [7, 11) is -5.49. The third-order valence-corrected chi connectivity index (χ3v) is 8.75. The second kappa shape index (κ2) is 6.86. The number of nitrogens with one attached hydrogen (secondary N) is 1. The molecule has 1 N–H and O–H groups in total. The van der Waals surface area contributed by atoms with Crippen LogP contribution < -0.4 is 4.90 Å². The van der Waals surface area contributed by atoms with Crippen LogP contribution in [0.1, 0.15) is 36.3 Å². The summed E-state index contributed by atoms with van der Waals surface area (Å²) in [6, 6.07) is 4.66. The van der Waals surface area contributed by atoms with Gasteiger partial charge in [-0.05, 0) is 61.3 Å². The number of aromatic nitrogens is 2. The van der Waals surface area contributed by atoms with Gasteiger partial charge in [-0.2, -0.15) is 17.5 Å². The van der Waals surface area contributed by atoms with Crippen LogP contribution in [0.15, 0.2) is 24.4 Å². The average Bonchev–Trinajstić information content (AvgIpc) is 2.93. The predicted molar refractivity (Wildman–Crippen MR) is 110 cm³/mol. The number of rotatable bonds is 4. The molecule has 11 heteroatoms. The number of anilines is 1. The molecule has 3 aliphatic carbocycles. The molecule has 2 bridgehead atoms. The molecule has 1 atom stereocenters.